The highest BCUT2D eigenvalue weighted by Gasteiger charge is 2.18. The maximum Gasteiger partial charge on any atom is 0.0765 e. The molecule has 72 valence electrons. The smallest absolute Gasteiger partial charge is 0.0765 e. The van der Waals surface area contributed by atoms with Crippen molar-refractivity contribution in [2.24, 2.45) is 0 Å². The highest BCUT2D eigenvalue weighted by Crippen LogP contribution is 2.06. The van der Waals surface area contributed by atoms with Gasteiger partial charge in [-0.1, -0.05) is 6.08 Å². The van der Waals surface area contributed by atoms with Crippen molar-refractivity contribution in [1.82, 2.24) is 5.32 Å². The Labute approximate surface area is 74.4 Å². The Morgan fingerprint density at radius 1 is 1.67 bits per heavy atom. The monoisotopic (exact) mass is 173 g/mol. The van der Waals surface area contributed by atoms with Gasteiger partial charge in [-0.05, 0) is 6.92 Å². The Morgan fingerprint density at radius 2 is 2.33 bits per heavy atom. The lowest BCUT2D eigenvalue weighted by Gasteiger charge is -2.22. The minimum atomic E-state index is -0.682. The molecule has 0 saturated heterocycles. The van der Waals surface area contributed by atoms with Crippen LogP contribution in [0.4, 0.5) is 0 Å². The Balaban J connectivity index is 3.48. The Bertz CT molecular complexity index is 124. The van der Waals surface area contributed by atoms with Crippen LogP contribution in [0.25, 0.3) is 0 Å². The number of rotatable bonds is 7. The SMILES string of the molecule is C=CCNCC(C)(O)CCOC. The van der Waals surface area contributed by atoms with Crippen molar-refractivity contribution in [2.45, 2.75) is 18.9 Å². The molecule has 0 fully saturated rings. The minimum absolute atomic E-state index is 0.572. The molecule has 0 rings (SSSR count). The zero-order valence-electron chi connectivity index (χ0n) is 7.97. The van der Waals surface area contributed by atoms with Crippen LogP contribution in [0.3, 0.4) is 0 Å². The summed E-state index contributed by atoms with van der Waals surface area (Å²) in [7, 11) is 1.63. The Kier molecular flexibility index (Phi) is 5.98. The van der Waals surface area contributed by atoms with E-state index in [4.69, 9.17) is 4.74 Å². The van der Waals surface area contributed by atoms with Gasteiger partial charge in [0.05, 0.1) is 5.60 Å². The molecular weight excluding hydrogens is 154 g/mol. The molecular formula is C9H19NO2. The van der Waals surface area contributed by atoms with Gasteiger partial charge in [-0.2, -0.15) is 0 Å². The molecule has 2 N–H and O–H groups in total. The van der Waals surface area contributed by atoms with Crippen molar-refractivity contribution in [2.75, 3.05) is 26.8 Å². The molecule has 0 aliphatic heterocycles. The average Bonchev–Trinajstić information content (AvgIpc) is 2.01. The molecule has 0 aliphatic rings. The number of nitrogens with one attached hydrogen (secondary N) is 1. The van der Waals surface area contributed by atoms with E-state index in [1.165, 1.54) is 0 Å². The quantitative estimate of drug-likeness (QED) is 0.436. The van der Waals surface area contributed by atoms with Crippen LogP contribution in [0.1, 0.15) is 13.3 Å². The second kappa shape index (κ2) is 6.17. The molecule has 1 unspecified atom stereocenters. The lowest BCUT2D eigenvalue weighted by molar-refractivity contribution is 0.0258. The predicted octanol–water partition coefficient (Wildman–Crippen LogP) is 0.549. The third-order valence-electron chi connectivity index (χ3n) is 1.64. The molecule has 0 heterocycles. The number of hydrogen-bond donors (Lipinski definition) is 2. The van der Waals surface area contributed by atoms with Crippen molar-refractivity contribution < 1.29 is 9.84 Å². The van der Waals surface area contributed by atoms with Crippen LogP contribution in [-0.4, -0.2) is 37.5 Å². The summed E-state index contributed by atoms with van der Waals surface area (Å²) in [4.78, 5) is 0. The number of hydrogen-bond acceptors (Lipinski definition) is 3. The molecule has 0 aromatic carbocycles. The van der Waals surface area contributed by atoms with E-state index in [-0.39, 0.29) is 0 Å². The summed E-state index contributed by atoms with van der Waals surface area (Å²) < 4.78 is 4.88. The average molecular weight is 173 g/mol. The summed E-state index contributed by atoms with van der Waals surface area (Å²) in [6, 6.07) is 0. The fraction of sp³-hybridized carbons (Fsp3) is 0.778. The number of methoxy groups -OCH3 is 1. The van der Waals surface area contributed by atoms with Crippen LogP contribution >= 0.6 is 0 Å². The van der Waals surface area contributed by atoms with E-state index in [1.54, 1.807) is 20.1 Å². The predicted molar refractivity (Wildman–Crippen MR) is 50.2 cm³/mol. The van der Waals surface area contributed by atoms with Crippen LogP contribution in [0.2, 0.25) is 0 Å². The van der Waals surface area contributed by atoms with Crippen LogP contribution in [0, 0.1) is 0 Å². The fourth-order valence-electron chi connectivity index (χ4n) is 0.854. The molecule has 0 aromatic rings. The molecule has 0 aromatic heterocycles. The first-order chi connectivity index (χ1) is 5.62. The molecule has 0 bridgehead atoms. The van der Waals surface area contributed by atoms with Crippen LogP contribution < -0.4 is 5.32 Å². The van der Waals surface area contributed by atoms with Crippen LogP contribution in [0.15, 0.2) is 12.7 Å². The van der Waals surface area contributed by atoms with E-state index in [2.05, 4.69) is 11.9 Å². The highest BCUT2D eigenvalue weighted by molar-refractivity contribution is 4.78. The molecule has 0 saturated carbocycles. The van der Waals surface area contributed by atoms with Crippen LogP contribution in [-0.2, 0) is 4.74 Å². The van der Waals surface area contributed by atoms with E-state index in [1.807, 2.05) is 0 Å². The largest absolute Gasteiger partial charge is 0.389 e. The van der Waals surface area contributed by atoms with Gasteiger partial charge in [0.2, 0.25) is 0 Å². The number of aliphatic hydroxyl groups is 1. The Hall–Kier alpha value is -0.380. The zero-order valence-corrected chi connectivity index (χ0v) is 7.97. The molecule has 0 aliphatic carbocycles. The molecule has 12 heavy (non-hydrogen) atoms. The van der Waals surface area contributed by atoms with Crippen molar-refractivity contribution in [3.05, 3.63) is 12.7 Å². The molecule has 3 heteroatoms. The fourth-order valence-corrected chi connectivity index (χ4v) is 0.854. The van der Waals surface area contributed by atoms with Gasteiger partial charge in [-0.3, -0.25) is 0 Å². The summed E-state index contributed by atoms with van der Waals surface area (Å²) in [6.45, 7) is 7.25. The van der Waals surface area contributed by atoms with Crippen LogP contribution in [0.5, 0.6) is 0 Å². The lowest BCUT2D eigenvalue weighted by atomic mass is 10.0. The Morgan fingerprint density at radius 3 is 2.83 bits per heavy atom. The highest BCUT2D eigenvalue weighted by atomic mass is 16.5. The van der Waals surface area contributed by atoms with Gasteiger partial charge in [0, 0.05) is 33.2 Å². The van der Waals surface area contributed by atoms with Gasteiger partial charge >= 0.3 is 0 Å². The van der Waals surface area contributed by atoms with E-state index in [0.29, 0.717) is 19.6 Å². The van der Waals surface area contributed by atoms with Crippen molar-refractivity contribution in [3.8, 4) is 0 Å². The van der Waals surface area contributed by atoms with Crippen molar-refractivity contribution in [3.63, 3.8) is 0 Å². The van der Waals surface area contributed by atoms with E-state index in [0.717, 1.165) is 6.54 Å². The molecule has 0 radical (unpaired) electrons. The summed E-state index contributed by atoms with van der Waals surface area (Å²) in [6.07, 6.45) is 2.42. The van der Waals surface area contributed by atoms with E-state index in [9.17, 15) is 5.11 Å². The minimum Gasteiger partial charge on any atom is -0.389 e. The second-order valence-electron chi connectivity index (χ2n) is 3.16. The second-order valence-corrected chi connectivity index (χ2v) is 3.16. The van der Waals surface area contributed by atoms with Gasteiger partial charge in [0.15, 0.2) is 0 Å². The third-order valence-corrected chi connectivity index (χ3v) is 1.64. The van der Waals surface area contributed by atoms with Crippen molar-refractivity contribution in [1.29, 1.82) is 0 Å². The topological polar surface area (TPSA) is 41.5 Å². The van der Waals surface area contributed by atoms with E-state index >= 15 is 0 Å². The lowest BCUT2D eigenvalue weighted by Crippen LogP contribution is -2.38. The third kappa shape index (κ3) is 6.34. The summed E-state index contributed by atoms with van der Waals surface area (Å²) in [5, 5.41) is 12.8. The van der Waals surface area contributed by atoms with Gasteiger partial charge in [0.25, 0.3) is 0 Å². The molecule has 3 nitrogen and oxygen atoms in total. The molecule has 0 spiro atoms. The maximum absolute atomic E-state index is 9.70. The normalized spacial score (nSPS) is 15.6. The summed E-state index contributed by atoms with van der Waals surface area (Å²) in [5.41, 5.74) is -0.682. The summed E-state index contributed by atoms with van der Waals surface area (Å²) >= 11 is 0. The summed E-state index contributed by atoms with van der Waals surface area (Å²) in [5.74, 6) is 0. The maximum atomic E-state index is 9.70. The van der Waals surface area contributed by atoms with Gasteiger partial charge in [-0.25, -0.2) is 0 Å². The van der Waals surface area contributed by atoms with Gasteiger partial charge in [-0.15, -0.1) is 6.58 Å². The zero-order chi connectivity index (χ0) is 9.45. The van der Waals surface area contributed by atoms with Gasteiger partial charge in [0.1, 0.15) is 0 Å². The first-order valence-corrected chi connectivity index (χ1v) is 4.15. The first kappa shape index (κ1) is 11.6. The molecule has 1 atom stereocenters. The van der Waals surface area contributed by atoms with Crippen molar-refractivity contribution >= 4 is 0 Å². The number of ether oxygens (including phenoxy) is 1. The van der Waals surface area contributed by atoms with Gasteiger partial charge < -0.3 is 15.2 Å². The first-order valence-electron chi connectivity index (χ1n) is 4.15. The standard InChI is InChI=1S/C9H19NO2/c1-4-6-10-8-9(2,11)5-7-12-3/h4,10-11H,1,5-8H2,2-3H3. The molecule has 0 amide bonds. The van der Waals surface area contributed by atoms with E-state index < -0.39 is 5.60 Å².